The van der Waals surface area contributed by atoms with E-state index in [0.717, 1.165) is 29.2 Å². The van der Waals surface area contributed by atoms with Gasteiger partial charge in [-0.05, 0) is 43.9 Å². The first-order valence-electron chi connectivity index (χ1n) is 6.37. The van der Waals surface area contributed by atoms with E-state index in [9.17, 15) is 5.11 Å². The third kappa shape index (κ3) is 2.93. The van der Waals surface area contributed by atoms with Crippen LogP contribution in [0.3, 0.4) is 0 Å². The van der Waals surface area contributed by atoms with Gasteiger partial charge in [0.15, 0.2) is 0 Å². The molecule has 2 rings (SSSR count). The van der Waals surface area contributed by atoms with Crippen LogP contribution in [0.25, 0.3) is 0 Å². The summed E-state index contributed by atoms with van der Waals surface area (Å²) in [6.45, 7) is 5.00. The fourth-order valence-electron chi connectivity index (χ4n) is 2.14. The van der Waals surface area contributed by atoms with E-state index in [-0.39, 0.29) is 0 Å². The Labute approximate surface area is 108 Å². The van der Waals surface area contributed by atoms with Crippen LogP contribution in [-0.2, 0) is 0 Å². The molecule has 0 saturated heterocycles. The number of hydrogen-bond acceptors (Lipinski definition) is 2. The van der Waals surface area contributed by atoms with Crippen molar-refractivity contribution in [1.82, 2.24) is 0 Å². The van der Waals surface area contributed by atoms with Crippen molar-refractivity contribution in [2.75, 3.05) is 11.4 Å². The van der Waals surface area contributed by atoms with Crippen molar-refractivity contribution in [3.63, 3.8) is 0 Å². The zero-order valence-electron chi connectivity index (χ0n) is 10.5. The van der Waals surface area contributed by atoms with E-state index in [1.807, 2.05) is 18.2 Å². The lowest BCUT2D eigenvalue weighted by Crippen LogP contribution is -2.26. The van der Waals surface area contributed by atoms with E-state index >= 15 is 0 Å². The molecule has 0 bridgehead atoms. The standard InChI is InChI=1S/C14H20ClNO/c1-3-8-16(12-5-6-12)14-7-4-11(10(2)17)9-13(14)15/h4,7,9-10,12,17H,3,5-6,8H2,1-2H3/t10-/m0/s1. The first kappa shape index (κ1) is 12.7. The van der Waals surface area contributed by atoms with E-state index in [0.29, 0.717) is 6.04 Å². The molecule has 1 atom stereocenters. The average Bonchev–Trinajstić information content (AvgIpc) is 3.10. The molecule has 1 aliphatic carbocycles. The molecular weight excluding hydrogens is 234 g/mol. The fraction of sp³-hybridized carbons (Fsp3) is 0.571. The van der Waals surface area contributed by atoms with Crippen molar-refractivity contribution >= 4 is 17.3 Å². The molecule has 0 radical (unpaired) electrons. The van der Waals surface area contributed by atoms with Gasteiger partial charge in [0.1, 0.15) is 0 Å². The van der Waals surface area contributed by atoms with Crippen LogP contribution in [0.1, 0.15) is 44.8 Å². The third-order valence-electron chi connectivity index (χ3n) is 3.22. The molecule has 1 fully saturated rings. The molecule has 1 aliphatic rings. The van der Waals surface area contributed by atoms with Gasteiger partial charge in [0, 0.05) is 12.6 Å². The zero-order chi connectivity index (χ0) is 12.4. The number of rotatable bonds is 5. The number of benzene rings is 1. The molecule has 1 aromatic carbocycles. The Balaban J connectivity index is 2.24. The van der Waals surface area contributed by atoms with Crippen LogP contribution in [0.15, 0.2) is 18.2 Å². The van der Waals surface area contributed by atoms with Crippen LogP contribution in [0.2, 0.25) is 5.02 Å². The number of anilines is 1. The van der Waals surface area contributed by atoms with E-state index < -0.39 is 6.10 Å². The SMILES string of the molecule is CCCN(c1ccc([C@H](C)O)cc1Cl)C1CC1. The molecule has 94 valence electrons. The van der Waals surface area contributed by atoms with E-state index in [2.05, 4.69) is 11.8 Å². The topological polar surface area (TPSA) is 23.5 Å². The maximum atomic E-state index is 9.53. The van der Waals surface area contributed by atoms with Crippen molar-refractivity contribution in [3.05, 3.63) is 28.8 Å². The van der Waals surface area contributed by atoms with Crippen LogP contribution < -0.4 is 4.90 Å². The summed E-state index contributed by atoms with van der Waals surface area (Å²) in [5.41, 5.74) is 1.99. The minimum absolute atomic E-state index is 0.456. The molecule has 0 aliphatic heterocycles. The van der Waals surface area contributed by atoms with Gasteiger partial charge in [-0.15, -0.1) is 0 Å². The number of aliphatic hydroxyl groups excluding tert-OH is 1. The molecule has 2 nitrogen and oxygen atoms in total. The minimum atomic E-state index is -0.456. The summed E-state index contributed by atoms with van der Waals surface area (Å²) in [6.07, 6.45) is 3.22. The lowest BCUT2D eigenvalue weighted by atomic mass is 10.1. The normalized spacial score (nSPS) is 16.9. The summed E-state index contributed by atoms with van der Waals surface area (Å²) in [5, 5.41) is 10.3. The molecule has 0 aromatic heterocycles. The number of nitrogens with zero attached hydrogens (tertiary/aromatic N) is 1. The lowest BCUT2D eigenvalue weighted by Gasteiger charge is -2.25. The van der Waals surface area contributed by atoms with Crippen molar-refractivity contribution in [2.45, 2.75) is 45.3 Å². The Morgan fingerprint density at radius 1 is 1.47 bits per heavy atom. The van der Waals surface area contributed by atoms with Crippen molar-refractivity contribution in [2.24, 2.45) is 0 Å². The van der Waals surface area contributed by atoms with Gasteiger partial charge in [-0.2, -0.15) is 0 Å². The zero-order valence-corrected chi connectivity index (χ0v) is 11.2. The summed E-state index contributed by atoms with van der Waals surface area (Å²) in [6, 6.07) is 6.56. The van der Waals surface area contributed by atoms with Gasteiger partial charge in [-0.3, -0.25) is 0 Å². The van der Waals surface area contributed by atoms with E-state index in [1.54, 1.807) is 6.92 Å². The molecule has 1 aromatic rings. The fourth-order valence-corrected chi connectivity index (χ4v) is 2.44. The maximum absolute atomic E-state index is 9.53. The van der Waals surface area contributed by atoms with Gasteiger partial charge in [0.2, 0.25) is 0 Å². The van der Waals surface area contributed by atoms with Crippen molar-refractivity contribution < 1.29 is 5.11 Å². The van der Waals surface area contributed by atoms with Crippen LogP contribution in [0.5, 0.6) is 0 Å². The lowest BCUT2D eigenvalue weighted by molar-refractivity contribution is 0.199. The predicted molar refractivity (Wildman–Crippen MR) is 72.7 cm³/mol. The first-order valence-corrected chi connectivity index (χ1v) is 6.75. The number of hydrogen-bond donors (Lipinski definition) is 1. The Bertz CT molecular complexity index is 388. The van der Waals surface area contributed by atoms with Crippen LogP contribution in [0.4, 0.5) is 5.69 Å². The highest BCUT2D eigenvalue weighted by Gasteiger charge is 2.29. The monoisotopic (exact) mass is 253 g/mol. The maximum Gasteiger partial charge on any atom is 0.0762 e. The second-order valence-corrected chi connectivity index (χ2v) is 5.22. The molecule has 0 heterocycles. The highest BCUT2D eigenvalue weighted by Crippen LogP contribution is 2.36. The summed E-state index contributed by atoms with van der Waals surface area (Å²) in [7, 11) is 0. The van der Waals surface area contributed by atoms with E-state index in [1.165, 1.54) is 12.8 Å². The second kappa shape index (κ2) is 5.28. The molecule has 0 unspecified atom stereocenters. The Hall–Kier alpha value is -0.730. The number of aliphatic hydroxyl groups is 1. The molecule has 1 N–H and O–H groups in total. The Morgan fingerprint density at radius 3 is 2.65 bits per heavy atom. The molecule has 3 heteroatoms. The van der Waals surface area contributed by atoms with Gasteiger partial charge in [0.25, 0.3) is 0 Å². The molecule has 17 heavy (non-hydrogen) atoms. The molecule has 0 amide bonds. The molecular formula is C14H20ClNO. The van der Waals surface area contributed by atoms with Gasteiger partial charge in [-0.25, -0.2) is 0 Å². The molecule has 0 spiro atoms. The van der Waals surface area contributed by atoms with Crippen LogP contribution in [-0.4, -0.2) is 17.7 Å². The van der Waals surface area contributed by atoms with Gasteiger partial charge < -0.3 is 10.0 Å². The quantitative estimate of drug-likeness (QED) is 0.864. The number of halogens is 1. The van der Waals surface area contributed by atoms with Crippen molar-refractivity contribution in [1.29, 1.82) is 0 Å². The van der Waals surface area contributed by atoms with Gasteiger partial charge in [-0.1, -0.05) is 24.6 Å². The molecule has 1 saturated carbocycles. The minimum Gasteiger partial charge on any atom is -0.389 e. The van der Waals surface area contributed by atoms with Crippen molar-refractivity contribution in [3.8, 4) is 0 Å². The highest BCUT2D eigenvalue weighted by molar-refractivity contribution is 6.33. The van der Waals surface area contributed by atoms with Gasteiger partial charge in [0.05, 0.1) is 16.8 Å². The van der Waals surface area contributed by atoms with Crippen LogP contribution in [0, 0.1) is 0 Å². The summed E-state index contributed by atoms with van der Waals surface area (Å²) < 4.78 is 0. The third-order valence-corrected chi connectivity index (χ3v) is 3.52. The smallest absolute Gasteiger partial charge is 0.0762 e. The largest absolute Gasteiger partial charge is 0.389 e. The summed E-state index contributed by atoms with van der Waals surface area (Å²) >= 11 is 6.32. The predicted octanol–water partition coefficient (Wildman–Crippen LogP) is 3.77. The van der Waals surface area contributed by atoms with E-state index in [4.69, 9.17) is 11.6 Å². The Morgan fingerprint density at radius 2 is 2.18 bits per heavy atom. The summed E-state index contributed by atoms with van der Waals surface area (Å²) in [4.78, 5) is 2.40. The highest BCUT2D eigenvalue weighted by atomic mass is 35.5. The van der Waals surface area contributed by atoms with Gasteiger partial charge >= 0.3 is 0 Å². The second-order valence-electron chi connectivity index (χ2n) is 4.81. The Kier molecular flexibility index (Phi) is 3.95. The average molecular weight is 254 g/mol. The van der Waals surface area contributed by atoms with Crippen LogP contribution >= 0.6 is 11.6 Å². The first-order chi connectivity index (χ1) is 8.13. The summed E-state index contributed by atoms with van der Waals surface area (Å²) in [5.74, 6) is 0.